The summed E-state index contributed by atoms with van der Waals surface area (Å²) in [5, 5.41) is 16.4. The minimum atomic E-state index is -0.0135. The van der Waals surface area contributed by atoms with Crippen molar-refractivity contribution in [3.63, 3.8) is 0 Å². The predicted octanol–water partition coefficient (Wildman–Crippen LogP) is 4.47. The van der Waals surface area contributed by atoms with E-state index >= 15 is 0 Å². The van der Waals surface area contributed by atoms with Crippen LogP contribution in [0.5, 0.6) is 5.75 Å². The van der Waals surface area contributed by atoms with Gasteiger partial charge in [0.15, 0.2) is 5.65 Å². The number of fused-ring (bicyclic) bond motifs is 3. The summed E-state index contributed by atoms with van der Waals surface area (Å²) in [7, 11) is 0. The summed E-state index contributed by atoms with van der Waals surface area (Å²) in [4.78, 5) is 12.3. The number of hydrogen-bond donors (Lipinski definition) is 1. The molecule has 8 nitrogen and oxygen atoms in total. The van der Waals surface area contributed by atoms with Crippen molar-refractivity contribution in [3.05, 3.63) is 84.4 Å². The van der Waals surface area contributed by atoms with Gasteiger partial charge in [0.1, 0.15) is 17.1 Å². The first-order valence-corrected chi connectivity index (χ1v) is 12.0. The normalized spacial score (nSPS) is 11.2. The molecule has 0 saturated carbocycles. The standard InChI is InChI=1S/C27H28N6O2/c1-2-3-17-35-22-11-9-21(10-12-22)23-18-24-27-30-29-25(32(27)15-16-33(24)31-23)13-14-26(34)28-19-20-7-5-4-6-8-20/h4-12,15-16,18H,2-3,13-14,17,19H2,1H3,(H,28,34). The second-order valence-corrected chi connectivity index (χ2v) is 8.46. The van der Waals surface area contributed by atoms with Crippen molar-refractivity contribution in [1.82, 2.24) is 29.5 Å². The van der Waals surface area contributed by atoms with E-state index in [9.17, 15) is 4.79 Å². The van der Waals surface area contributed by atoms with E-state index in [-0.39, 0.29) is 5.91 Å². The van der Waals surface area contributed by atoms with E-state index in [0.717, 1.165) is 53.4 Å². The molecule has 0 fully saturated rings. The van der Waals surface area contributed by atoms with E-state index in [0.29, 0.717) is 25.0 Å². The third-order valence-corrected chi connectivity index (χ3v) is 5.91. The Morgan fingerprint density at radius 2 is 1.86 bits per heavy atom. The van der Waals surface area contributed by atoms with E-state index in [1.807, 2.05) is 77.5 Å². The molecule has 0 saturated heterocycles. The Morgan fingerprint density at radius 1 is 1.03 bits per heavy atom. The van der Waals surface area contributed by atoms with Gasteiger partial charge in [0.25, 0.3) is 0 Å². The average molecular weight is 469 g/mol. The van der Waals surface area contributed by atoms with Crippen molar-refractivity contribution in [1.29, 1.82) is 0 Å². The van der Waals surface area contributed by atoms with Gasteiger partial charge in [0.2, 0.25) is 5.91 Å². The lowest BCUT2D eigenvalue weighted by atomic mass is 10.1. The number of ether oxygens (including phenoxy) is 1. The monoisotopic (exact) mass is 468 g/mol. The Hall–Kier alpha value is -4.20. The van der Waals surface area contributed by atoms with Crippen LogP contribution in [0.15, 0.2) is 73.1 Å². The van der Waals surface area contributed by atoms with E-state index in [1.54, 1.807) is 4.52 Å². The molecule has 2 aromatic carbocycles. The van der Waals surface area contributed by atoms with Gasteiger partial charge in [-0.25, -0.2) is 4.52 Å². The molecule has 1 N–H and O–H groups in total. The Kier molecular flexibility index (Phi) is 6.70. The SMILES string of the molecule is CCCCOc1ccc(-c2cc3c4nnc(CCC(=O)NCc5ccccc5)n4ccn3n2)cc1. The van der Waals surface area contributed by atoms with Crippen molar-refractivity contribution in [3.8, 4) is 17.0 Å². The predicted molar refractivity (Wildman–Crippen MR) is 134 cm³/mol. The zero-order valence-electron chi connectivity index (χ0n) is 19.7. The van der Waals surface area contributed by atoms with Crippen LogP contribution in [-0.4, -0.2) is 36.7 Å². The summed E-state index contributed by atoms with van der Waals surface area (Å²) >= 11 is 0. The van der Waals surface area contributed by atoms with Crippen molar-refractivity contribution < 1.29 is 9.53 Å². The van der Waals surface area contributed by atoms with Crippen LogP contribution < -0.4 is 10.1 Å². The zero-order chi connectivity index (χ0) is 24.0. The second kappa shape index (κ2) is 10.4. The number of nitrogens with zero attached hydrogens (tertiary/aromatic N) is 5. The lowest BCUT2D eigenvalue weighted by molar-refractivity contribution is -0.121. The molecule has 35 heavy (non-hydrogen) atoms. The van der Waals surface area contributed by atoms with Crippen LogP contribution in [0.1, 0.15) is 37.6 Å². The van der Waals surface area contributed by atoms with Crippen LogP contribution in [0.3, 0.4) is 0 Å². The fourth-order valence-corrected chi connectivity index (χ4v) is 3.94. The number of aryl methyl sites for hydroxylation is 1. The van der Waals surface area contributed by atoms with Gasteiger partial charge in [-0.05, 0) is 42.3 Å². The summed E-state index contributed by atoms with van der Waals surface area (Å²) in [6, 6.07) is 19.9. The topological polar surface area (TPSA) is 85.8 Å². The molecule has 0 aliphatic heterocycles. The average Bonchev–Trinajstić information content (AvgIpc) is 3.51. The van der Waals surface area contributed by atoms with Crippen molar-refractivity contribution >= 4 is 17.1 Å². The molecule has 1 amide bonds. The molecule has 8 heteroatoms. The van der Waals surface area contributed by atoms with Gasteiger partial charge >= 0.3 is 0 Å². The number of amides is 1. The van der Waals surface area contributed by atoms with Crippen LogP contribution in [-0.2, 0) is 17.8 Å². The highest BCUT2D eigenvalue weighted by Crippen LogP contribution is 2.24. The number of carbonyl (C=O) groups excluding carboxylic acids is 1. The summed E-state index contributed by atoms with van der Waals surface area (Å²) in [5.41, 5.74) is 4.50. The quantitative estimate of drug-likeness (QED) is 0.306. The van der Waals surface area contributed by atoms with E-state index in [1.165, 1.54) is 0 Å². The molecule has 3 heterocycles. The summed E-state index contributed by atoms with van der Waals surface area (Å²) < 4.78 is 9.49. The highest BCUT2D eigenvalue weighted by atomic mass is 16.5. The molecule has 0 spiro atoms. The fraction of sp³-hybridized carbons (Fsp3) is 0.259. The van der Waals surface area contributed by atoms with Crippen molar-refractivity contribution in [2.45, 2.75) is 39.2 Å². The smallest absolute Gasteiger partial charge is 0.220 e. The molecule has 0 atom stereocenters. The van der Waals surface area contributed by atoms with E-state index < -0.39 is 0 Å². The molecule has 5 aromatic rings. The number of unbranched alkanes of at least 4 members (excludes halogenated alkanes) is 1. The van der Waals surface area contributed by atoms with Crippen LogP contribution in [0.4, 0.5) is 0 Å². The van der Waals surface area contributed by atoms with Gasteiger partial charge in [0.05, 0.1) is 12.3 Å². The fourth-order valence-electron chi connectivity index (χ4n) is 3.94. The van der Waals surface area contributed by atoms with Gasteiger partial charge in [0, 0.05) is 37.3 Å². The Balaban J connectivity index is 1.27. The number of hydrogen-bond acceptors (Lipinski definition) is 5. The summed E-state index contributed by atoms with van der Waals surface area (Å²) in [6.45, 7) is 3.40. The largest absolute Gasteiger partial charge is 0.494 e. The Labute approximate surface area is 203 Å². The maximum Gasteiger partial charge on any atom is 0.220 e. The molecule has 5 rings (SSSR count). The molecule has 0 aliphatic rings. The van der Waals surface area contributed by atoms with Crippen molar-refractivity contribution in [2.24, 2.45) is 0 Å². The summed E-state index contributed by atoms with van der Waals surface area (Å²) in [5.74, 6) is 1.59. The molecule has 0 bridgehead atoms. The van der Waals surface area contributed by atoms with Gasteiger partial charge < -0.3 is 10.1 Å². The molecule has 0 unspecified atom stereocenters. The summed E-state index contributed by atoms with van der Waals surface area (Å²) in [6.07, 6.45) is 6.77. The first-order chi connectivity index (χ1) is 17.2. The van der Waals surface area contributed by atoms with E-state index in [2.05, 4.69) is 22.4 Å². The zero-order valence-corrected chi connectivity index (χ0v) is 19.7. The van der Waals surface area contributed by atoms with Gasteiger partial charge in [-0.3, -0.25) is 9.20 Å². The molecule has 0 aliphatic carbocycles. The Bertz CT molecular complexity index is 1420. The second-order valence-electron chi connectivity index (χ2n) is 8.46. The van der Waals surface area contributed by atoms with Crippen LogP contribution in [0.25, 0.3) is 22.4 Å². The van der Waals surface area contributed by atoms with Crippen LogP contribution in [0.2, 0.25) is 0 Å². The minimum absolute atomic E-state index is 0.0135. The maximum atomic E-state index is 12.3. The Morgan fingerprint density at radius 3 is 2.66 bits per heavy atom. The lowest BCUT2D eigenvalue weighted by Crippen LogP contribution is -2.23. The van der Waals surface area contributed by atoms with Crippen LogP contribution >= 0.6 is 0 Å². The highest BCUT2D eigenvalue weighted by Gasteiger charge is 2.14. The first kappa shape index (κ1) is 22.6. The highest BCUT2D eigenvalue weighted by molar-refractivity contribution is 5.77. The minimum Gasteiger partial charge on any atom is -0.494 e. The van der Waals surface area contributed by atoms with Gasteiger partial charge in [-0.15, -0.1) is 10.2 Å². The number of rotatable bonds is 10. The van der Waals surface area contributed by atoms with Gasteiger partial charge in [-0.2, -0.15) is 5.10 Å². The molecular formula is C27H28N6O2. The number of nitrogens with one attached hydrogen (secondary N) is 1. The lowest BCUT2D eigenvalue weighted by Gasteiger charge is -2.05. The van der Waals surface area contributed by atoms with E-state index in [4.69, 9.17) is 9.84 Å². The van der Waals surface area contributed by atoms with Gasteiger partial charge in [-0.1, -0.05) is 43.7 Å². The number of aromatic nitrogens is 5. The van der Waals surface area contributed by atoms with Crippen LogP contribution in [0, 0.1) is 0 Å². The third kappa shape index (κ3) is 5.16. The maximum absolute atomic E-state index is 12.3. The molecule has 3 aromatic heterocycles. The first-order valence-electron chi connectivity index (χ1n) is 12.0. The molecular weight excluding hydrogens is 440 g/mol. The molecule has 178 valence electrons. The van der Waals surface area contributed by atoms with Crippen molar-refractivity contribution in [2.75, 3.05) is 6.61 Å². The molecule has 0 radical (unpaired) electrons. The third-order valence-electron chi connectivity index (χ3n) is 5.91. The number of carbonyl (C=O) groups is 1. The number of benzene rings is 2.